The Morgan fingerprint density at radius 2 is 0.282 bits per heavy atom. The molecule has 1 aromatic heterocycles. The van der Waals surface area contributed by atoms with E-state index in [1.165, 1.54) is 33.4 Å². The second-order valence-electron chi connectivity index (χ2n) is 26.1. The molecule has 12 heteroatoms. The van der Waals surface area contributed by atoms with Crippen LogP contribution in [-0.2, 0) is 32.5 Å². The number of methoxy groups -OCH3 is 6. The van der Waals surface area contributed by atoms with Crippen molar-refractivity contribution in [3.05, 3.63) is 106 Å². The lowest BCUT2D eigenvalue weighted by atomic mass is 9.87. The number of hydrogen-bond acceptors (Lipinski definition) is 12. The Morgan fingerprint density at radius 1 is 0.192 bits per heavy atom. The lowest BCUT2D eigenvalue weighted by Crippen LogP contribution is -2.11. The fourth-order valence-corrected chi connectivity index (χ4v) is 16.4. The molecule has 6 nitrogen and oxygen atoms in total. The third-order valence-corrected chi connectivity index (χ3v) is 20.1. The summed E-state index contributed by atoms with van der Waals surface area (Å²) in [7, 11) is 10.7. The second kappa shape index (κ2) is 22.8. The molecule has 0 saturated heterocycles. The van der Waals surface area contributed by atoms with Crippen LogP contribution in [0.25, 0.3) is 56.4 Å². The summed E-state index contributed by atoms with van der Waals surface area (Å²) in [4.78, 5) is 0. The molecule has 0 amide bonds. The van der Waals surface area contributed by atoms with Gasteiger partial charge in [0.15, 0.2) is 34.5 Å². The monoisotopic (exact) mass is 1160 g/mol. The maximum Gasteiger partial charge on any atom is 0.153 e. The quantitative estimate of drug-likeness (QED) is 0.165. The van der Waals surface area contributed by atoms with Crippen molar-refractivity contribution in [2.75, 3.05) is 42.7 Å². The van der Waals surface area contributed by atoms with Gasteiger partial charge in [0, 0.05) is 0 Å². The van der Waals surface area contributed by atoms with Crippen LogP contribution in [0.15, 0.2) is 72.8 Å². The predicted molar refractivity (Wildman–Crippen MR) is 350 cm³/mol. The van der Waals surface area contributed by atoms with E-state index in [0.29, 0.717) is 0 Å². The van der Waals surface area contributed by atoms with Gasteiger partial charge in [-0.1, -0.05) is 125 Å². The predicted octanol–water partition coefficient (Wildman–Crippen LogP) is 21.9. The van der Waals surface area contributed by atoms with Crippen LogP contribution >= 0.6 is 68.0 Å². The minimum atomic E-state index is -0.191. The molecule has 0 unspecified atom stereocenters. The molecule has 6 aromatic carbocycles. The first kappa shape index (κ1) is 61.1. The van der Waals surface area contributed by atoms with E-state index in [0.717, 1.165) is 90.9 Å². The van der Waals surface area contributed by atoms with Crippen LogP contribution in [0.4, 0.5) is 0 Å². The maximum atomic E-state index is 6.58. The number of hydrogen-bond donors (Lipinski definition) is 0. The summed E-state index contributed by atoms with van der Waals surface area (Å²) in [6.07, 6.45) is 0. The van der Waals surface area contributed by atoms with Gasteiger partial charge >= 0.3 is 0 Å². The molecule has 12 bridgehead atoms. The van der Waals surface area contributed by atoms with E-state index in [1.807, 2.05) is 0 Å². The summed E-state index contributed by atoms with van der Waals surface area (Å²) in [5.74, 6) is 4.74. The molecule has 0 N–H and O–H groups in total. The first-order valence-corrected chi connectivity index (χ1v) is 31.5. The fourth-order valence-electron chi connectivity index (χ4n) is 8.89. The lowest BCUT2D eigenvalue weighted by molar-refractivity contribution is 0.424. The van der Waals surface area contributed by atoms with E-state index >= 15 is 0 Å². The van der Waals surface area contributed by atoms with Crippen molar-refractivity contribution in [3.8, 4) is 34.5 Å². The summed E-state index contributed by atoms with van der Waals surface area (Å²) in [5, 5.41) is 0. The van der Waals surface area contributed by atoms with Crippen LogP contribution < -0.4 is 28.4 Å². The van der Waals surface area contributed by atoms with E-state index < -0.39 is 0 Å². The van der Waals surface area contributed by atoms with Gasteiger partial charge in [0.05, 0.1) is 99.1 Å². The van der Waals surface area contributed by atoms with Crippen molar-refractivity contribution in [1.82, 2.24) is 0 Å². The zero-order valence-corrected chi connectivity index (χ0v) is 55.7. The first-order chi connectivity index (χ1) is 36.1. The summed E-state index contributed by atoms with van der Waals surface area (Å²) in [6, 6.07) is 27.6. The molecular weight excluding hydrogens is 1080 g/mol. The number of ether oxygens (including phenoxy) is 6. The van der Waals surface area contributed by atoms with Crippen LogP contribution in [0.2, 0.25) is 0 Å². The minimum absolute atomic E-state index is 0.191. The van der Waals surface area contributed by atoms with Crippen LogP contribution in [0.3, 0.4) is 0 Å². The SMILES string of the molecule is COc1c2cc(C(C)(C)C)cc1sc1cc(C(C)(C)C)cc(sc3cc(C(C)(C)C)cc(sc4cc(C(C)(C)C)cc(sc5cc(C(C)(C)C)cc(sc6cc(C(C)(C)C)cc(s2)c6OC)c5OC)c4OC)c3OC)c1OC. The van der Waals surface area contributed by atoms with Gasteiger partial charge in [0.1, 0.15) is 0 Å². The highest BCUT2D eigenvalue weighted by molar-refractivity contribution is 7.28. The third-order valence-electron chi connectivity index (χ3n) is 13.9. The van der Waals surface area contributed by atoms with Crippen LogP contribution in [0.1, 0.15) is 158 Å². The second-order valence-corrected chi connectivity index (χ2v) is 32.6. The Morgan fingerprint density at radius 3 is 0.346 bits per heavy atom. The average molecular weight is 1170 g/mol. The number of benzene rings is 6. The Bertz CT molecular complexity index is 2920. The highest BCUT2D eigenvalue weighted by Gasteiger charge is 2.25. The van der Waals surface area contributed by atoms with Crippen molar-refractivity contribution in [2.24, 2.45) is 0 Å². The standard InChI is InChI=1S/C66H84O6S6/c1-61(2,3)37-25-43-55(67-19)44(26-37)74-46-28-39(63(7,8)9)30-48(57(46)69-21)76-50-32-41(65(13,14)15)34-52(59(50)71-23)78-54-36-42(66(16,17)18)35-53(60(54)72-24)77-51-33-40(64(10,11)12)31-49(58(51)70-22)75-47-29-38(62(4,5)6)27-45(73-43)56(47)68-20/h25-36H,1-24H3. The Hall–Kier alpha value is -4.56. The Balaban J connectivity index is 1.95. The number of rotatable bonds is 6. The molecule has 78 heavy (non-hydrogen) atoms. The van der Waals surface area contributed by atoms with E-state index in [-0.39, 0.29) is 32.5 Å². The molecule has 1 heterocycles. The smallest absolute Gasteiger partial charge is 0.153 e. The lowest BCUT2D eigenvalue weighted by Gasteiger charge is -2.22. The largest absolute Gasteiger partial charge is 0.494 e. The topological polar surface area (TPSA) is 55.4 Å². The number of fused-ring (bicyclic) bond motifs is 12. The van der Waals surface area contributed by atoms with Gasteiger partial charge in [-0.2, -0.15) is 0 Å². The van der Waals surface area contributed by atoms with Crippen molar-refractivity contribution in [1.29, 1.82) is 0 Å². The molecule has 0 fully saturated rings. The molecule has 420 valence electrons. The molecule has 0 radical (unpaired) electrons. The molecule has 0 aliphatic heterocycles. The third kappa shape index (κ3) is 13.3. The van der Waals surface area contributed by atoms with Crippen LogP contribution in [0, 0.1) is 0 Å². The van der Waals surface area contributed by atoms with Crippen molar-refractivity contribution < 1.29 is 28.4 Å². The fraction of sp³-hybridized carbons (Fsp3) is 0.455. The molecule has 0 atom stereocenters. The van der Waals surface area contributed by atoms with Gasteiger partial charge in [0.25, 0.3) is 0 Å². The molecule has 7 rings (SSSR count). The summed E-state index contributed by atoms with van der Waals surface area (Å²) >= 11 is 10.1. The molecule has 0 aliphatic rings. The average Bonchev–Trinajstić information content (AvgIpc) is 3.32. The normalized spacial score (nSPS) is 12.6. The minimum Gasteiger partial charge on any atom is -0.494 e. The van der Waals surface area contributed by atoms with E-state index in [2.05, 4.69) is 197 Å². The van der Waals surface area contributed by atoms with E-state index in [1.54, 1.807) is 111 Å². The van der Waals surface area contributed by atoms with Crippen molar-refractivity contribution in [3.63, 3.8) is 0 Å². The highest BCUT2D eigenvalue weighted by atomic mass is 32.1. The molecule has 0 saturated carbocycles. The van der Waals surface area contributed by atoms with Gasteiger partial charge in [-0.05, 0) is 139 Å². The van der Waals surface area contributed by atoms with E-state index in [9.17, 15) is 0 Å². The van der Waals surface area contributed by atoms with Crippen LogP contribution in [-0.4, -0.2) is 42.7 Å². The van der Waals surface area contributed by atoms with Gasteiger partial charge in [-0.15, -0.1) is 68.0 Å². The maximum absolute atomic E-state index is 6.58. The molecule has 7 aromatic rings. The van der Waals surface area contributed by atoms with Crippen LogP contribution in [0.5, 0.6) is 34.5 Å². The molecule has 0 aliphatic carbocycles. The van der Waals surface area contributed by atoms with Gasteiger partial charge in [-0.25, -0.2) is 0 Å². The summed E-state index contributed by atoms with van der Waals surface area (Å²) in [5.41, 5.74) is 5.99. The summed E-state index contributed by atoms with van der Waals surface area (Å²) < 4.78 is 51.4. The Labute approximate surface area is 489 Å². The van der Waals surface area contributed by atoms with Gasteiger partial charge < -0.3 is 28.4 Å². The zero-order valence-electron chi connectivity index (χ0n) is 50.8. The molecule has 0 spiro atoms. The summed E-state index contributed by atoms with van der Waals surface area (Å²) in [6.45, 7) is 40.9. The zero-order chi connectivity index (χ0) is 57.8. The Kier molecular flexibility index (Phi) is 17.8. The van der Waals surface area contributed by atoms with Crippen molar-refractivity contribution in [2.45, 2.75) is 157 Å². The molecular formula is C66H84O6S6. The highest BCUT2D eigenvalue weighted by Crippen LogP contribution is 2.49. The van der Waals surface area contributed by atoms with Crippen molar-refractivity contribution >= 4 is 124 Å². The van der Waals surface area contributed by atoms with Gasteiger partial charge in [-0.3, -0.25) is 0 Å². The van der Waals surface area contributed by atoms with E-state index in [4.69, 9.17) is 28.4 Å². The first-order valence-electron chi connectivity index (χ1n) is 26.6. The van der Waals surface area contributed by atoms with Gasteiger partial charge in [0.2, 0.25) is 0 Å².